The minimum atomic E-state index is -0.914. The van der Waals surface area contributed by atoms with E-state index < -0.39 is 17.1 Å². The molecule has 6 N–H and O–H groups in total. The number of amides is 1. The Morgan fingerprint density at radius 3 is 2.37 bits per heavy atom. The first kappa shape index (κ1) is 27.9. The maximum absolute atomic E-state index is 12.3. The molecule has 2 aliphatic rings. The summed E-state index contributed by atoms with van der Waals surface area (Å²) in [6.45, 7) is 11.1. The maximum Gasteiger partial charge on any atom is 0.438 e. The normalized spacial score (nSPS) is 18.3. The van der Waals surface area contributed by atoms with Crippen LogP contribution in [0.5, 0.6) is 0 Å². The van der Waals surface area contributed by atoms with E-state index >= 15 is 0 Å². The zero-order valence-electron chi connectivity index (χ0n) is 23.2. The Bertz CT molecular complexity index is 1540. The molecule has 2 aliphatic carbocycles. The number of aromatic amines is 1. The molecule has 0 saturated heterocycles. The number of aryl methyl sites for hydroxylation is 2. The van der Waals surface area contributed by atoms with Crippen LogP contribution in [0.4, 0.5) is 0 Å². The molecular weight excluding hydrogens is 518 g/mol. The summed E-state index contributed by atoms with van der Waals surface area (Å²) in [6, 6.07) is 13.8. The first-order valence-corrected chi connectivity index (χ1v) is 13.8. The van der Waals surface area contributed by atoms with Crippen LogP contribution < -0.4 is 22.5 Å². The Hall–Kier alpha value is -4.62. The number of H-pyrrole nitrogens is 1. The molecule has 10 nitrogen and oxygen atoms in total. The Kier molecular flexibility index (Phi) is 7.56. The summed E-state index contributed by atoms with van der Waals surface area (Å²) in [5.41, 5.74) is 17.1. The lowest BCUT2D eigenvalue weighted by atomic mass is 9.69. The van der Waals surface area contributed by atoms with Crippen LogP contribution >= 0.6 is 0 Å². The van der Waals surface area contributed by atoms with E-state index in [1.165, 1.54) is 0 Å². The summed E-state index contributed by atoms with van der Waals surface area (Å²) in [6.07, 6.45) is 3.93. The molecule has 212 valence electrons. The number of nitriles is 1. The van der Waals surface area contributed by atoms with Crippen LogP contribution in [0.15, 0.2) is 64.6 Å². The number of nitrogens with one attached hydrogen (secondary N) is 2. The fourth-order valence-corrected chi connectivity index (χ4v) is 6.12. The van der Waals surface area contributed by atoms with E-state index in [0.29, 0.717) is 55.5 Å². The lowest BCUT2D eigenvalue weighted by molar-refractivity contribution is 0.1000. The molecular formula is C31H35N7O3. The topological polar surface area (TPSA) is 167 Å². The number of hydrogen-bond acceptors (Lipinski definition) is 8. The van der Waals surface area contributed by atoms with Gasteiger partial charge in [-0.2, -0.15) is 5.26 Å². The third-order valence-electron chi connectivity index (χ3n) is 8.21. The third-order valence-corrected chi connectivity index (χ3v) is 8.21. The molecule has 1 fully saturated rings. The van der Waals surface area contributed by atoms with Gasteiger partial charge in [-0.15, -0.1) is 0 Å². The number of nitrogens with zero attached hydrogens (tertiary/aromatic N) is 3. The smallest absolute Gasteiger partial charge is 0.399 e. The van der Waals surface area contributed by atoms with Crippen molar-refractivity contribution in [3.8, 4) is 6.07 Å². The number of rotatable bonds is 11. The third kappa shape index (κ3) is 5.28. The Morgan fingerprint density at radius 2 is 1.83 bits per heavy atom. The largest absolute Gasteiger partial charge is 0.438 e. The van der Waals surface area contributed by atoms with E-state index in [0.717, 1.165) is 46.4 Å². The number of carbonyl (C=O) groups excluding carboxylic acids is 1. The highest BCUT2D eigenvalue weighted by molar-refractivity contribution is 5.93. The van der Waals surface area contributed by atoms with Crippen molar-refractivity contribution in [2.45, 2.75) is 56.5 Å². The van der Waals surface area contributed by atoms with Gasteiger partial charge in [0.05, 0.1) is 11.5 Å². The molecule has 2 unspecified atom stereocenters. The molecule has 0 radical (unpaired) electrons. The number of primary amides is 1. The van der Waals surface area contributed by atoms with Crippen molar-refractivity contribution in [1.29, 1.82) is 5.26 Å². The van der Waals surface area contributed by atoms with Gasteiger partial charge in [0.15, 0.2) is 5.82 Å². The van der Waals surface area contributed by atoms with E-state index in [9.17, 15) is 14.9 Å². The van der Waals surface area contributed by atoms with Gasteiger partial charge in [0.25, 0.3) is 0 Å². The molecule has 1 aromatic heterocycles. The van der Waals surface area contributed by atoms with Crippen LogP contribution in [0.2, 0.25) is 0 Å². The van der Waals surface area contributed by atoms with Gasteiger partial charge in [0, 0.05) is 29.5 Å². The van der Waals surface area contributed by atoms with Gasteiger partial charge < -0.3 is 21.7 Å². The van der Waals surface area contributed by atoms with Crippen molar-refractivity contribution in [3.05, 3.63) is 105 Å². The van der Waals surface area contributed by atoms with Crippen molar-refractivity contribution in [2.24, 2.45) is 11.5 Å². The van der Waals surface area contributed by atoms with Crippen LogP contribution in [0.1, 0.15) is 70.2 Å². The molecule has 1 saturated carbocycles. The lowest BCUT2D eigenvalue weighted by Gasteiger charge is -2.35. The Morgan fingerprint density at radius 1 is 1.20 bits per heavy atom. The maximum atomic E-state index is 12.3. The summed E-state index contributed by atoms with van der Waals surface area (Å²) < 4.78 is 5.04. The van der Waals surface area contributed by atoms with Crippen LogP contribution in [0.3, 0.4) is 0 Å². The van der Waals surface area contributed by atoms with Crippen LogP contribution in [0.25, 0.3) is 5.70 Å². The Labute approximate surface area is 238 Å². The summed E-state index contributed by atoms with van der Waals surface area (Å²) in [5, 5.41) is 17.2. The first-order chi connectivity index (χ1) is 19.6. The number of nitrogens with two attached hydrogens (primary N) is 2. The van der Waals surface area contributed by atoms with Gasteiger partial charge in [-0.1, -0.05) is 36.5 Å². The zero-order chi connectivity index (χ0) is 29.3. The van der Waals surface area contributed by atoms with Crippen molar-refractivity contribution >= 4 is 11.6 Å². The monoisotopic (exact) mass is 553 g/mol. The number of fused-ring (bicyclic) bond motifs is 2. The van der Waals surface area contributed by atoms with Crippen LogP contribution in [0, 0.1) is 11.3 Å². The molecule has 0 bridgehead atoms. The first-order valence-electron chi connectivity index (χ1n) is 13.8. The number of benzene rings is 2. The second-order valence-electron chi connectivity index (χ2n) is 10.9. The van der Waals surface area contributed by atoms with Crippen molar-refractivity contribution in [1.82, 2.24) is 20.4 Å². The van der Waals surface area contributed by atoms with E-state index in [1.54, 1.807) is 6.07 Å². The summed E-state index contributed by atoms with van der Waals surface area (Å²) >= 11 is 0. The highest BCUT2D eigenvalue weighted by Gasteiger charge is 2.44. The molecule has 1 amide bonds. The Balaban J connectivity index is 1.57. The molecule has 41 heavy (non-hydrogen) atoms. The second kappa shape index (κ2) is 11.1. The fourth-order valence-electron chi connectivity index (χ4n) is 6.12. The predicted molar refractivity (Wildman–Crippen MR) is 156 cm³/mol. The van der Waals surface area contributed by atoms with E-state index in [1.807, 2.05) is 37.3 Å². The summed E-state index contributed by atoms with van der Waals surface area (Å²) in [4.78, 5) is 29.3. The van der Waals surface area contributed by atoms with Crippen molar-refractivity contribution < 1.29 is 9.32 Å². The molecule has 2 atom stereocenters. The summed E-state index contributed by atoms with van der Waals surface area (Å²) in [5.74, 6) is -0.792. The van der Waals surface area contributed by atoms with Gasteiger partial charge >= 0.3 is 5.76 Å². The second-order valence-corrected chi connectivity index (χ2v) is 10.9. The quantitative estimate of drug-likeness (QED) is 0.263. The van der Waals surface area contributed by atoms with Gasteiger partial charge in [-0.05, 0) is 91.6 Å². The number of aromatic nitrogens is 2. The van der Waals surface area contributed by atoms with Crippen LogP contribution in [-0.2, 0) is 18.3 Å². The van der Waals surface area contributed by atoms with Gasteiger partial charge in [0.1, 0.15) is 6.04 Å². The van der Waals surface area contributed by atoms with E-state index in [4.69, 9.17) is 16.0 Å². The number of hydrogen-bond donors (Lipinski definition) is 4. The van der Waals surface area contributed by atoms with Crippen molar-refractivity contribution in [2.75, 3.05) is 13.1 Å². The minimum Gasteiger partial charge on any atom is -0.399 e. The fraction of sp³-hybridized carbons (Fsp3) is 0.355. The minimum absolute atomic E-state index is 0.255. The molecule has 3 aromatic rings. The van der Waals surface area contributed by atoms with Crippen LogP contribution in [-0.4, -0.2) is 46.1 Å². The molecule has 10 heteroatoms. The summed E-state index contributed by atoms with van der Waals surface area (Å²) in [7, 11) is 0. The van der Waals surface area contributed by atoms with Crippen molar-refractivity contribution in [3.63, 3.8) is 0 Å². The standard InChI is InChI=1S/C31H35N7O3/c1-18(16-32)38(25-8-9-25)19(2)17-35-13-12-31(29-36-30(40)41-37-29)26-10-6-21(20(3)33)14-22(26)4-5-23-15-24(28(34)39)7-11-27(23)31/h6-7,10-11,14-15,18,25,35H,2-5,8-9,12-13,17,33H2,1H3,(H2,34,39)(H,36,37,40). The SMILES string of the molecule is C=C(N)c1ccc2c(c1)CCc1cc(C(N)=O)ccc1C2(CCNCC(=C)N(C(C)C#N)C1CC1)c1noc(=O)[nH]1. The molecule has 1 heterocycles. The highest BCUT2D eigenvalue weighted by atomic mass is 16.5. The lowest BCUT2D eigenvalue weighted by Crippen LogP contribution is -2.39. The number of carbonyl (C=O) groups is 1. The van der Waals surface area contributed by atoms with E-state index in [2.05, 4.69) is 39.6 Å². The average molecular weight is 554 g/mol. The van der Waals surface area contributed by atoms with Gasteiger partial charge in [-0.3, -0.25) is 14.3 Å². The van der Waals surface area contributed by atoms with E-state index in [-0.39, 0.29) is 6.04 Å². The predicted octanol–water partition coefficient (Wildman–Crippen LogP) is 2.69. The molecule has 5 rings (SSSR count). The molecule has 0 aliphatic heterocycles. The zero-order valence-corrected chi connectivity index (χ0v) is 23.2. The molecule has 0 spiro atoms. The average Bonchev–Trinajstić information content (AvgIpc) is 3.71. The van der Waals surface area contributed by atoms with Gasteiger partial charge in [-0.25, -0.2) is 4.79 Å². The highest BCUT2D eigenvalue weighted by Crippen LogP contribution is 2.46. The molecule has 2 aromatic carbocycles. The van der Waals surface area contributed by atoms with Gasteiger partial charge in [0.2, 0.25) is 5.91 Å².